The van der Waals surface area contributed by atoms with Gasteiger partial charge in [-0.3, -0.25) is 9.48 Å². The van der Waals surface area contributed by atoms with Crippen molar-refractivity contribution >= 4 is 28.1 Å². The van der Waals surface area contributed by atoms with Crippen LogP contribution in [-0.2, 0) is 17.9 Å². The molecule has 0 fully saturated rings. The summed E-state index contributed by atoms with van der Waals surface area (Å²) in [5.74, 6) is 0.0969. The molecule has 1 heterocycles. The molecule has 8 heteroatoms. The number of hydrazone groups is 1. The molecule has 0 spiro atoms. The summed E-state index contributed by atoms with van der Waals surface area (Å²) in [5.41, 5.74) is 5.85. The molecule has 0 aliphatic carbocycles. The van der Waals surface area contributed by atoms with Crippen molar-refractivity contribution in [2.24, 2.45) is 5.10 Å². The van der Waals surface area contributed by atoms with Crippen LogP contribution in [0.1, 0.15) is 22.5 Å². The lowest BCUT2D eigenvalue weighted by atomic mass is 10.2. The summed E-state index contributed by atoms with van der Waals surface area (Å²) in [6.45, 7) is 4.17. The maximum atomic E-state index is 12.9. The van der Waals surface area contributed by atoms with E-state index in [0.717, 1.165) is 27.0 Å². The van der Waals surface area contributed by atoms with Gasteiger partial charge in [-0.05, 0) is 65.2 Å². The number of aryl methyl sites for hydroxylation is 1. The van der Waals surface area contributed by atoms with Crippen LogP contribution < -0.4 is 10.2 Å². The van der Waals surface area contributed by atoms with E-state index >= 15 is 0 Å². The lowest BCUT2D eigenvalue weighted by Gasteiger charge is -2.07. The summed E-state index contributed by atoms with van der Waals surface area (Å²) in [5, 5.41) is 8.29. The highest BCUT2D eigenvalue weighted by Gasteiger charge is 2.11. The van der Waals surface area contributed by atoms with Gasteiger partial charge in [-0.1, -0.05) is 24.3 Å². The Bertz CT molecular complexity index is 1030. The first-order chi connectivity index (χ1) is 13.9. The first kappa shape index (κ1) is 20.7. The fourth-order valence-electron chi connectivity index (χ4n) is 2.61. The van der Waals surface area contributed by atoms with Gasteiger partial charge >= 0.3 is 0 Å². The Morgan fingerprint density at radius 3 is 2.72 bits per heavy atom. The molecule has 1 amide bonds. The van der Waals surface area contributed by atoms with Crippen LogP contribution in [0.15, 0.2) is 58.1 Å². The Labute approximate surface area is 176 Å². The van der Waals surface area contributed by atoms with E-state index in [9.17, 15) is 9.18 Å². The second-order valence-corrected chi connectivity index (χ2v) is 7.22. The molecule has 29 heavy (non-hydrogen) atoms. The van der Waals surface area contributed by atoms with Crippen LogP contribution >= 0.6 is 15.9 Å². The molecule has 3 aromatic rings. The monoisotopic (exact) mass is 458 g/mol. The SMILES string of the molecule is Cc1nn(CC(=O)N/N=C/c2cccc(OCc3ccc(F)cc3)c2)c(C)c1Br. The topological polar surface area (TPSA) is 68.5 Å². The minimum atomic E-state index is -0.278. The number of hydrogen-bond donors (Lipinski definition) is 1. The molecule has 0 unspecified atom stereocenters. The molecule has 0 bridgehead atoms. The van der Waals surface area contributed by atoms with Gasteiger partial charge in [0.25, 0.3) is 5.91 Å². The fourth-order valence-corrected chi connectivity index (χ4v) is 2.90. The molecule has 0 aliphatic rings. The van der Waals surface area contributed by atoms with E-state index in [1.807, 2.05) is 32.0 Å². The number of benzene rings is 2. The fraction of sp³-hybridized carbons (Fsp3) is 0.190. The Kier molecular flexibility index (Phi) is 6.77. The average Bonchev–Trinajstić information content (AvgIpc) is 2.94. The molecule has 6 nitrogen and oxygen atoms in total. The molecule has 0 atom stereocenters. The summed E-state index contributed by atoms with van der Waals surface area (Å²) >= 11 is 3.44. The minimum Gasteiger partial charge on any atom is -0.489 e. The van der Waals surface area contributed by atoms with Crippen LogP contribution in [0.3, 0.4) is 0 Å². The Morgan fingerprint density at radius 1 is 1.28 bits per heavy atom. The Morgan fingerprint density at radius 2 is 2.03 bits per heavy atom. The smallest absolute Gasteiger partial charge is 0.261 e. The van der Waals surface area contributed by atoms with Crippen LogP contribution in [0.2, 0.25) is 0 Å². The summed E-state index contributed by atoms with van der Waals surface area (Å²) in [4.78, 5) is 12.1. The summed E-state index contributed by atoms with van der Waals surface area (Å²) in [7, 11) is 0. The normalized spacial score (nSPS) is 11.0. The average molecular weight is 459 g/mol. The lowest BCUT2D eigenvalue weighted by molar-refractivity contribution is -0.121. The number of carbonyl (C=O) groups excluding carboxylic acids is 1. The maximum absolute atomic E-state index is 12.9. The third-order valence-corrected chi connectivity index (χ3v) is 5.31. The molecule has 0 saturated carbocycles. The van der Waals surface area contributed by atoms with Crippen molar-refractivity contribution in [1.82, 2.24) is 15.2 Å². The van der Waals surface area contributed by atoms with E-state index in [1.54, 1.807) is 29.1 Å². The number of carbonyl (C=O) groups is 1. The largest absolute Gasteiger partial charge is 0.489 e. The summed E-state index contributed by atoms with van der Waals surface area (Å²) in [6, 6.07) is 13.5. The van der Waals surface area contributed by atoms with Crippen LogP contribution in [0, 0.1) is 19.7 Å². The van der Waals surface area contributed by atoms with Crippen molar-refractivity contribution < 1.29 is 13.9 Å². The predicted octanol–water partition coefficient (Wildman–Crippen LogP) is 4.13. The number of rotatable bonds is 7. The van der Waals surface area contributed by atoms with Crippen molar-refractivity contribution in [3.05, 3.63) is 81.3 Å². The van der Waals surface area contributed by atoms with Crippen LogP contribution in [0.4, 0.5) is 4.39 Å². The lowest BCUT2D eigenvalue weighted by Crippen LogP contribution is -2.24. The van der Waals surface area contributed by atoms with E-state index in [4.69, 9.17) is 4.74 Å². The van der Waals surface area contributed by atoms with Gasteiger partial charge in [0.1, 0.15) is 24.7 Å². The van der Waals surface area contributed by atoms with Crippen molar-refractivity contribution in [3.8, 4) is 5.75 Å². The van der Waals surface area contributed by atoms with Gasteiger partial charge in [0.2, 0.25) is 0 Å². The quantitative estimate of drug-likeness (QED) is 0.427. The number of amides is 1. The number of nitrogens with zero attached hydrogens (tertiary/aromatic N) is 3. The van der Waals surface area contributed by atoms with Gasteiger partial charge in [-0.15, -0.1) is 0 Å². The van der Waals surface area contributed by atoms with Gasteiger partial charge in [-0.2, -0.15) is 10.2 Å². The zero-order valence-corrected chi connectivity index (χ0v) is 17.6. The summed E-state index contributed by atoms with van der Waals surface area (Å²) < 4.78 is 21.2. The zero-order chi connectivity index (χ0) is 20.8. The van der Waals surface area contributed by atoms with Crippen LogP contribution in [-0.4, -0.2) is 21.9 Å². The first-order valence-electron chi connectivity index (χ1n) is 8.91. The van der Waals surface area contributed by atoms with E-state index in [2.05, 4.69) is 31.6 Å². The van der Waals surface area contributed by atoms with Crippen molar-refractivity contribution in [2.75, 3.05) is 0 Å². The molecule has 2 aromatic carbocycles. The summed E-state index contributed by atoms with van der Waals surface area (Å²) in [6.07, 6.45) is 1.54. The van der Waals surface area contributed by atoms with Gasteiger partial charge < -0.3 is 4.74 Å². The van der Waals surface area contributed by atoms with E-state index in [-0.39, 0.29) is 18.3 Å². The highest BCUT2D eigenvalue weighted by molar-refractivity contribution is 9.10. The third-order valence-electron chi connectivity index (χ3n) is 4.17. The highest BCUT2D eigenvalue weighted by atomic mass is 79.9. The van der Waals surface area contributed by atoms with Gasteiger partial charge in [0.15, 0.2) is 0 Å². The number of hydrogen-bond acceptors (Lipinski definition) is 4. The molecule has 1 aromatic heterocycles. The van der Waals surface area contributed by atoms with E-state index < -0.39 is 0 Å². The van der Waals surface area contributed by atoms with Crippen molar-refractivity contribution in [2.45, 2.75) is 27.0 Å². The minimum absolute atomic E-state index is 0.0798. The van der Waals surface area contributed by atoms with Gasteiger partial charge in [0.05, 0.1) is 22.1 Å². The molecular formula is C21H20BrFN4O2. The number of aromatic nitrogens is 2. The second-order valence-electron chi connectivity index (χ2n) is 6.42. The van der Waals surface area contributed by atoms with E-state index in [0.29, 0.717) is 12.4 Å². The van der Waals surface area contributed by atoms with Crippen molar-refractivity contribution in [3.63, 3.8) is 0 Å². The predicted molar refractivity (Wildman–Crippen MR) is 112 cm³/mol. The Hall–Kier alpha value is -3.00. The molecule has 0 saturated heterocycles. The maximum Gasteiger partial charge on any atom is 0.261 e. The third kappa shape index (κ3) is 5.74. The first-order valence-corrected chi connectivity index (χ1v) is 9.70. The molecule has 150 valence electrons. The molecule has 3 rings (SSSR count). The van der Waals surface area contributed by atoms with Crippen LogP contribution in [0.25, 0.3) is 0 Å². The van der Waals surface area contributed by atoms with Gasteiger partial charge in [0, 0.05) is 0 Å². The molecule has 0 radical (unpaired) electrons. The van der Waals surface area contributed by atoms with E-state index in [1.165, 1.54) is 12.1 Å². The van der Waals surface area contributed by atoms with Crippen molar-refractivity contribution in [1.29, 1.82) is 0 Å². The Balaban J connectivity index is 1.53. The van der Waals surface area contributed by atoms with Crippen LogP contribution in [0.5, 0.6) is 5.75 Å². The standard InChI is InChI=1S/C21H20BrFN4O2/c1-14-21(22)15(2)27(26-14)12-20(28)25-24-11-17-4-3-5-19(10-17)29-13-16-6-8-18(23)9-7-16/h3-11H,12-13H2,1-2H3,(H,25,28)/b24-11+. The second kappa shape index (κ2) is 9.47. The van der Waals surface area contributed by atoms with Gasteiger partial charge in [-0.25, -0.2) is 9.82 Å². The number of nitrogens with one attached hydrogen (secondary N) is 1. The molecule has 1 N–H and O–H groups in total. The number of ether oxygens (including phenoxy) is 1. The molecular weight excluding hydrogens is 439 g/mol. The molecule has 0 aliphatic heterocycles. The zero-order valence-electron chi connectivity index (χ0n) is 16.0. The highest BCUT2D eigenvalue weighted by Crippen LogP contribution is 2.19. The number of halogens is 2.